The number of anilines is 2. The van der Waals surface area contributed by atoms with Gasteiger partial charge in [-0.3, -0.25) is 4.79 Å². The second-order valence-electron chi connectivity index (χ2n) is 7.32. The van der Waals surface area contributed by atoms with Crippen LogP contribution in [0.2, 0.25) is 0 Å². The molecule has 29 heavy (non-hydrogen) atoms. The molecule has 0 saturated carbocycles. The maximum Gasteiger partial charge on any atom is 0.227 e. The molecule has 0 radical (unpaired) electrons. The number of aryl methyl sites for hydroxylation is 1. The largest absolute Gasteiger partial charge is 0.362 e. The molecule has 1 fully saturated rings. The van der Waals surface area contributed by atoms with Gasteiger partial charge >= 0.3 is 0 Å². The second kappa shape index (κ2) is 9.05. The molecule has 1 aliphatic rings. The topological polar surface area (TPSA) is 44.4 Å². The first kappa shape index (κ1) is 19.4. The first-order chi connectivity index (χ1) is 14.2. The first-order valence-corrected chi connectivity index (χ1v) is 10.5. The molecule has 5 heteroatoms. The Morgan fingerprint density at radius 2 is 1.86 bits per heavy atom. The van der Waals surface area contributed by atoms with E-state index < -0.39 is 0 Å². The first-order valence-electron chi connectivity index (χ1n) is 10.1. The molecular weight excluding hydrogens is 378 g/mol. The average molecular weight is 404 g/mol. The third-order valence-electron chi connectivity index (χ3n) is 5.28. The normalized spacial score (nSPS) is 13.7. The van der Waals surface area contributed by atoms with Crippen LogP contribution < -0.4 is 15.5 Å². The summed E-state index contributed by atoms with van der Waals surface area (Å²) in [5.74, 6) is 0.191. The molecule has 3 aromatic rings. The quantitative estimate of drug-likeness (QED) is 0.455. The van der Waals surface area contributed by atoms with Crippen molar-refractivity contribution in [1.82, 2.24) is 5.32 Å². The van der Waals surface area contributed by atoms with Gasteiger partial charge in [-0.1, -0.05) is 48.5 Å². The summed E-state index contributed by atoms with van der Waals surface area (Å²) in [4.78, 5) is 13.8. The van der Waals surface area contributed by atoms with E-state index in [1.165, 1.54) is 16.3 Å². The molecule has 0 spiro atoms. The van der Waals surface area contributed by atoms with Crippen molar-refractivity contribution in [2.24, 2.45) is 0 Å². The molecule has 3 aromatic carbocycles. The van der Waals surface area contributed by atoms with Gasteiger partial charge in [0, 0.05) is 30.9 Å². The molecule has 1 saturated heterocycles. The minimum atomic E-state index is 0.191. The number of amides is 1. The minimum absolute atomic E-state index is 0.191. The van der Waals surface area contributed by atoms with Gasteiger partial charge in [-0.15, -0.1) is 0 Å². The molecule has 1 heterocycles. The lowest BCUT2D eigenvalue weighted by Crippen LogP contribution is -2.29. The Balaban J connectivity index is 1.28. The van der Waals surface area contributed by atoms with Crippen LogP contribution in [0, 0.1) is 0 Å². The van der Waals surface area contributed by atoms with E-state index in [0.29, 0.717) is 11.5 Å². The van der Waals surface area contributed by atoms with Crippen molar-refractivity contribution in [2.45, 2.75) is 25.7 Å². The predicted octanol–water partition coefficient (Wildman–Crippen LogP) is 4.89. The Morgan fingerprint density at radius 1 is 1.03 bits per heavy atom. The molecule has 148 valence electrons. The van der Waals surface area contributed by atoms with Gasteiger partial charge in [0.1, 0.15) is 0 Å². The Hall–Kier alpha value is -2.92. The summed E-state index contributed by atoms with van der Waals surface area (Å²) in [5.41, 5.74) is 3.19. The molecule has 4 rings (SSSR count). The number of rotatable bonds is 6. The zero-order valence-corrected chi connectivity index (χ0v) is 17.2. The van der Waals surface area contributed by atoms with Crippen LogP contribution in [-0.2, 0) is 11.2 Å². The van der Waals surface area contributed by atoms with Crippen LogP contribution >= 0.6 is 12.2 Å². The van der Waals surface area contributed by atoms with Gasteiger partial charge < -0.3 is 15.5 Å². The van der Waals surface area contributed by atoms with Gasteiger partial charge in [0.2, 0.25) is 5.91 Å². The van der Waals surface area contributed by atoms with E-state index in [-0.39, 0.29) is 5.91 Å². The van der Waals surface area contributed by atoms with Crippen molar-refractivity contribution in [1.29, 1.82) is 0 Å². The van der Waals surface area contributed by atoms with Crippen molar-refractivity contribution in [2.75, 3.05) is 23.3 Å². The number of carbonyl (C=O) groups excluding carboxylic acids is 1. The Bertz CT molecular complexity index is 1030. The number of hydrogen-bond donors (Lipinski definition) is 2. The maximum absolute atomic E-state index is 11.9. The molecule has 4 nitrogen and oxygen atoms in total. The fourth-order valence-electron chi connectivity index (χ4n) is 3.84. The predicted molar refractivity (Wildman–Crippen MR) is 125 cm³/mol. The SMILES string of the molecule is O=C1CCCN1c1cccc(NC(=S)NCCCc2cccc3ccccc23)c1. The molecule has 1 amide bonds. The van der Waals surface area contributed by atoms with Crippen molar-refractivity contribution in [3.8, 4) is 0 Å². The van der Waals surface area contributed by atoms with Crippen LogP contribution in [-0.4, -0.2) is 24.1 Å². The van der Waals surface area contributed by atoms with E-state index in [0.717, 1.165) is 43.7 Å². The van der Waals surface area contributed by atoms with Crippen LogP contribution in [0.15, 0.2) is 66.7 Å². The van der Waals surface area contributed by atoms with E-state index in [4.69, 9.17) is 12.2 Å². The number of carbonyl (C=O) groups is 1. The molecule has 1 aliphatic heterocycles. The van der Waals surface area contributed by atoms with Gasteiger partial charge in [0.05, 0.1) is 0 Å². The van der Waals surface area contributed by atoms with E-state index >= 15 is 0 Å². The highest BCUT2D eigenvalue weighted by Crippen LogP contribution is 2.24. The molecule has 0 aliphatic carbocycles. The summed E-state index contributed by atoms with van der Waals surface area (Å²) >= 11 is 5.44. The number of nitrogens with zero attached hydrogens (tertiary/aromatic N) is 1. The summed E-state index contributed by atoms with van der Waals surface area (Å²) in [6.45, 7) is 1.60. The highest BCUT2D eigenvalue weighted by molar-refractivity contribution is 7.80. The van der Waals surface area contributed by atoms with Crippen molar-refractivity contribution >= 4 is 45.4 Å². The zero-order chi connectivity index (χ0) is 20.1. The monoisotopic (exact) mass is 403 g/mol. The Morgan fingerprint density at radius 3 is 2.72 bits per heavy atom. The number of hydrogen-bond acceptors (Lipinski definition) is 2. The van der Waals surface area contributed by atoms with Gasteiger partial charge in [-0.25, -0.2) is 0 Å². The standard InChI is InChI=1S/C24H25N3OS/c28-23-14-6-16-27(23)21-12-4-11-20(17-21)26-24(29)25-15-5-10-19-9-3-8-18-7-1-2-13-22(18)19/h1-4,7-9,11-13,17H,5-6,10,14-16H2,(H2,25,26,29). The Labute approximate surface area is 176 Å². The van der Waals surface area contributed by atoms with Crippen LogP contribution in [0.5, 0.6) is 0 Å². The fraction of sp³-hybridized carbons (Fsp3) is 0.250. The van der Waals surface area contributed by atoms with Crippen molar-refractivity contribution in [3.63, 3.8) is 0 Å². The summed E-state index contributed by atoms with van der Waals surface area (Å²) in [6.07, 6.45) is 3.56. The number of benzene rings is 3. The van der Waals surface area contributed by atoms with E-state index in [1.54, 1.807) is 0 Å². The summed E-state index contributed by atoms with van der Waals surface area (Å²) in [7, 11) is 0. The third-order valence-corrected chi connectivity index (χ3v) is 5.52. The van der Waals surface area contributed by atoms with Crippen molar-refractivity contribution in [3.05, 3.63) is 72.3 Å². The minimum Gasteiger partial charge on any atom is -0.362 e. The van der Waals surface area contributed by atoms with Gasteiger partial charge in [-0.05, 0) is 66.0 Å². The van der Waals surface area contributed by atoms with Gasteiger partial charge in [0.25, 0.3) is 0 Å². The van der Waals surface area contributed by atoms with Crippen molar-refractivity contribution < 1.29 is 4.79 Å². The zero-order valence-electron chi connectivity index (χ0n) is 16.4. The lowest BCUT2D eigenvalue weighted by molar-refractivity contribution is -0.117. The Kier molecular flexibility index (Phi) is 6.06. The number of nitrogens with one attached hydrogen (secondary N) is 2. The average Bonchev–Trinajstić information content (AvgIpc) is 3.17. The van der Waals surface area contributed by atoms with Crippen LogP contribution in [0.4, 0.5) is 11.4 Å². The number of thiocarbonyl (C=S) groups is 1. The lowest BCUT2D eigenvalue weighted by atomic mass is 10.0. The van der Waals surface area contributed by atoms with Crippen LogP contribution in [0.3, 0.4) is 0 Å². The molecule has 0 unspecified atom stereocenters. The summed E-state index contributed by atoms with van der Waals surface area (Å²) in [5, 5.41) is 9.73. The highest BCUT2D eigenvalue weighted by atomic mass is 32.1. The van der Waals surface area contributed by atoms with E-state index in [2.05, 4.69) is 53.1 Å². The van der Waals surface area contributed by atoms with Gasteiger partial charge in [-0.2, -0.15) is 0 Å². The molecule has 0 bridgehead atoms. The van der Waals surface area contributed by atoms with E-state index in [9.17, 15) is 4.79 Å². The molecule has 0 atom stereocenters. The molecular formula is C24H25N3OS. The van der Waals surface area contributed by atoms with Gasteiger partial charge in [0.15, 0.2) is 5.11 Å². The fourth-order valence-corrected chi connectivity index (χ4v) is 4.06. The summed E-state index contributed by atoms with van der Waals surface area (Å²) in [6, 6.07) is 22.8. The van der Waals surface area contributed by atoms with E-state index in [1.807, 2.05) is 29.2 Å². The van der Waals surface area contributed by atoms with Crippen LogP contribution in [0.1, 0.15) is 24.8 Å². The molecule has 2 N–H and O–H groups in total. The third kappa shape index (κ3) is 4.74. The number of fused-ring (bicyclic) bond motifs is 1. The summed E-state index contributed by atoms with van der Waals surface area (Å²) < 4.78 is 0. The second-order valence-corrected chi connectivity index (χ2v) is 7.73. The highest BCUT2D eigenvalue weighted by Gasteiger charge is 2.21. The lowest BCUT2D eigenvalue weighted by Gasteiger charge is -2.17. The smallest absolute Gasteiger partial charge is 0.227 e. The van der Waals surface area contributed by atoms with Crippen LogP contribution in [0.25, 0.3) is 10.8 Å². The maximum atomic E-state index is 11.9. The molecule has 0 aromatic heterocycles.